The van der Waals surface area contributed by atoms with Crippen LogP contribution in [-0.2, 0) is 6.54 Å². The lowest BCUT2D eigenvalue weighted by atomic mass is 10.1. The minimum Gasteiger partial charge on any atom is -0.508 e. The monoisotopic (exact) mass is 295 g/mol. The first-order valence-electron chi connectivity index (χ1n) is 5.95. The van der Waals surface area contributed by atoms with Crippen LogP contribution in [0.25, 0.3) is 0 Å². The van der Waals surface area contributed by atoms with E-state index in [9.17, 15) is 5.11 Å². The standard InChI is InChI=1S/C15H15Cl2NO/c1-9-3-4-15(19)11(5-9)8-18-14-7-12(16)10(2)6-13(14)17/h3-7,18-19H,8H2,1-2H3. The zero-order chi connectivity index (χ0) is 14.0. The van der Waals surface area contributed by atoms with Crippen molar-refractivity contribution in [2.75, 3.05) is 5.32 Å². The highest BCUT2D eigenvalue weighted by atomic mass is 35.5. The molecule has 0 amide bonds. The summed E-state index contributed by atoms with van der Waals surface area (Å²) < 4.78 is 0. The summed E-state index contributed by atoms with van der Waals surface area (Å²) >= 11 is 12.2. The molecule has 0 spiro atoms. The van der Waals surface area contributed by atoms with E-state index in [0.29, 0.717) is 16.6 Å². The molecule has 2 aromatic rings. The molecular weight excluding hydrogens is 281 g/mol. The Kier molecular flexibility index (Phi) is 4.23. The highest BCUT2D eigenvalue weighted by Gasteiger charge is 2.06. The van der Waals surface area contributed by atoms with E-state index in [-0.39, 0.29) is 5.75 Å². The average molecular weight is 296 g/mol. The van der Waals surface area contributed by atoms with E-state index in [1.54, 1.807) is 12.1 Å². The van der Waals surface area contributed by atoms with E-state index < -0.39 is 0 Å². The zero-order valence-electron chi connectivity index (χ0n) is 10.8. The smallest absolute Gasteiger partial charge is 0.120 e. The number of benzene rings is 2. The summed E-state index contributed by atoms with van der Waals surface area (Å²) in [5.74, 6) is 0.271. The molecule has 0 bridgehead atoms. The summed E-state index contributed by atoms with van der Waals surface area (Å²) in [6, 6.07) is 9.12. The van der Waals surface area contributed by atoms with Gasteiger partial charge < -0.3 is 10.4 Å². The molecule has 0 aliphatic heterocycles. The van der Waals surface area contributed by atoms with Crippen molar-refractivity contribution in [3.63, 3.8) is 0 Å². The number of hydrogen-bond acceptors (Lipinski definition) is 2. The fourth-order valence-corrected chi connectivity index (χ4v) is 2.28. The third kappa shape index (κ3) is 3.34. The summed E-state index contributed by atoms with van der Waals surface area (Å²) in [7, 11) is 0. The van der Waals surface area contributed by atoms with Gasteiger partial charge in [-0.05, 0) is 37.6 Å². The minimum absolute atomic E-state index is 0.271. The molecule has 2 aromatic carbocycles. The Labute approximate surface area is 123 Å². The normalized spacial score (nSPS) is 10.5. The maximum atomic E-state index is 9.78. The Morgan fingerprint density at radius 2 is 1.79 bits per heavy atom. The van der Waals surface area contributed by atoms with Crippen LogP contribution in [0.1, 0.15) is 16.7 Å². The molecule has 2 nitrogen and oxygen atoms in total. The Morgan fingerprint density at radius 1 is 1.05 bits per heavy atom. The van der Waals surface area contributed by atoms with Gasteiger partial charge >= 0.3 is 0 Å². The Bertz CT molecular complexity index is 611. The third-order valence-electron chi connectivity index (χ3n) is 2.95. The van der Waals surface area contributed by atoms with Crippen molar-refractivity contribution in [2.24, 2.45) is 0 Å². The first-order chi connectivity index (χ1) is 8.97. The van der Waals surface area contributed by atoms with Crippen molar-refractivity contribution in [3.05, 3.63) is 57.1 Å². The van der Waals surface area contributed by atoms with Crippen LogP contribution in [0, 0.1) is 13.8 Å². The molecule has 0 saturated carbocycles. The van der Waals surface area contributed by atoms with Gasteiger partial charge in [0.1, 0.15) is 5.75 Å². The lowest BCUT2D eigenvalue weighted by Crippen LogP contribution is -2.01. The maximum Gasteiger partial charge on any atom is 0.120 e. The fourth-order valence-electron chi connectivity index (χ4n) is 1.83. The fraction of sp³-hybridized carbons (Fsp3) is 0.200. The zero-order valence-corrected chi connectivity index (χ0v) is 12.3. The highest BCUT2D eigenvalue weighted by Crippen LogP contribution is 2.29. The number of phenols is 1. The molecule has 2 N–H and O–H groups in total. The molecule has 4 heteroatoms. The van der Waals surface area contributed by atoms with Crippen LogP contribution in [0.2, 0.25) is 10.0 Å². The number of hydrogen-bond donors (Lipinski definition) is 2. The minimum atomic E-state index is 0.271. The lowest BCUT2D eigenvalue weighted by molar-refractivity contribution is 0.469. The molecule has 2 rings (SSSR count). The summed E-state index contributed by atoms with van der Waals surface area (Å²) in [5.41, 5.74) is 3.63. The van der Waals surface area contributed by atoms with Crippen LogP contribution in [-0.4, -0.2) is 5.11 Å². The number of anilines is 1. The molecule has 100 valence electrons. The van der Waals surface area contributed by atoms with Gasteiger partial charge in [-0.25, -0.2) is 0 Å². The van der Waals surface area contributed by atoms with Crippen molar-refractivity contribution in [1.82, 2.24) is 0 Å². The molecule has 0 aliphatic carbocycles. The van der Waals surface area contributed by atoms with Gasteiger partial charge in [0.2, 0.25) is 0 Å². The summed E-state index contributed by atoms with van der Waals surface area (Å²) in [5, 5.41) is 14.3. The number of aryl methyl sites for hydroxylation is 2. The second kappa shape index (κ2) is 5.72. The molecule has 19 heavy (non-hydrogen) atoms. The average Bonchev–Trinajstić information content (AvgIpc) is 2.36. The lowest BCUT2D eigenvalue weighted by Gasteiger charge is -2.12. The largest absolute Gasteiger partial charge is 0.508 e. The van der Waals surface area contributed by atoms with Gasteiger partial charge in [-0.15, -0.1) is 0 Å². The van der Waals surface area contributed by atoms with E-state index in [0.717, 1.165) is 22.4 Å². The van der Waals surface area contributed by atoms with Gasteiger partial charge in [0.15, 0.2) is 0 Å². The number of rotatable bonds is 3. The summed E-state index contributed by atoms with van der Waals surface area (Å²) in [6.07, 6.45) is 0. The SMILES string of the molecule is Cc1ccc(O)c(CNc2cc(Cl)c(C)cc2Cl)c1. The molecule has 0 heterocycles. The summed E-state index contributed by atoms with van der Waals surface area (Å²) in [6.45, 7) is 4.38. The van der Waals surface area contributed by atoms with E-state index >= 15 is 0 Å². The molecular formula is C15H15Cl2NO. The molecule has 0 atom stereocenters. The van der Waals surface area contributed by atoms with Gasteiger partial charge in [0, 0.05) is 17.1 Å². The van der Waals surface area contributed by atoms with Gasteiger partial charge in [0.05, 0.1) is 10.7 Å². The van der Waals surface area contributed by atoms with Crippen LogP contribution < -0.4 is 5.32 Å². The quantitative estimate of drug-likeness (QED) is 0.842. The Balaban J connectivity index is 2.19. The van der Waals surface area contributed by atoms with Crippen LogP contribution in [0.15, 0.2) is 30.3 Å². The van der Waals surface area contributed by atoms with Crippen LogP contribution >= 0.6 is 23.2 Å². The first kappa shape index (κ1) is 14.0. The highest BCUT2D eigenvalue weighted by molar-refractivity contribution is 6.35. The summed E-state index contributed by atoms with van der Waals surface area (Å²) in [4.78, 5) is 0. The molecule has 0 fully saturated rings. The van der Waals surface area contributed by atoms with E-state index in [4.69, 9.17) is 23.2 Å². The van der Waals surface area contributed by atoms with Crippen molar-refractivity contribution >= 4 is 28.9 Å². The Morgan fingerprint density at radius 3 is 2.53 bits per heavy atom. The maximum absolute atomic E-state index is 9.78. The predicted molar refractivity (Wildman–Crippen MR) is 81.4 cm³/mol. The molecule has 0 radical (unpaired) electrons. The van der Waals surface area contributed by atoms with Crippen molar-refractivity contribution in [2.45, 2.75) is 20.4 Å². The molecule has 0 aromatic heterocycles. The van der Waals surface area contributed by atoms with Gasteiger partial charge in [-0.2, -0.15) is 0 Å². The van der Waals surface area contributed by atoms with Crippen LogP contribution in [0.5, 0.6) is 5.75 Å². The Hall–Kier alpha value is -1.38. The van der Waals surface area contributed by atoms with Crippen molar-refractivity contribution in [3.8, 4) is 5.75 Å². The predicted octanol–water partition coefficient (Wildman–Crippen LogP) is 4.93. The van der Waals surface area contributed by atoms with E-state index in [1.807, 2.05) is 32.0 Å². The van der Waals surface area contributed by atoms with E-state index in [1.165, 1.54) is 0 Å². The molecule has 0 unspecified atom stereocenters. The first-order valence-corrected chi connectivity index (χ1v) is 6.71. The number of phenolic OH excluding ortho intramolecular Hbond substituents is 1. The second-order valence-electron chi connectivity index (χ2n) is 4.57. The van der Waals surface area contributed by atoms with Crippen LogP contribution in [0.3, 0.4) is 0 Å². The molecule has 0 aliphatic rings. The van der Waals surface area contributed by atoms with Gasteiger partial charge in [0.25, 0.3) is 0 Å². The van der Waals surface area contributed by atoms with Gasteiger partial charge in [-0.3, -0.25) is 0 Å². The van der Waals surface area contributed by atoms with Crippen LogP contribution in [0.4, 0.5) is 5.69 Å². The number of aromatic hydroxyl groups is 1. The van der Waals surface area contributed by atoms with Gasteiger partial charge in [-0.1, -0.05) is 40.9 Å². The van der Waals surface area contributed by atoms with Crippen molar-refractivity contribution < 1.29 is 5.11 Å². The molecule has 0 saturated heterocycles. The number of halogens is 2. The van der Waals surface area contributed by atoms with E-state index in [2.05, 4.69) is 5.32 Å². The topological polar surface area (TPSA) is 32.3 Å². The van der Waals surface area contributed by atoms with Crippen molar-refractivity contribution in [1.29, 1.82) is 0 Å². The second-order valence-corrected chi connectivity index (χ2v) is 5.38. The third-order valence-corrected chi connectivity index (χ3v) is 3.67. The number of nitrogens with one attached hydrogen (secondary N) is 1.